The summed E-state index contributed by atoms with van der Waals surface area (Å²) in [5.41, 5.74) is 1.55. The number of hydrogen-bond acceptors (Lipinski definition) is 8. The lowest BCUT2D eigenvalue weighted by Crippen LogP contribution is -2.50. The van der Waals surface area contributed by atoms with Gasteiger partial charge >= 0.3 is 18.0 Å². The molecule has 4 rings (SSSR count). The van der Waals surface area contributed by atoms with E-state index in [2.05, 4.69) is 38.7 Å². The molecular formula is C53H92N2O7. The van der Waals surface area contributed by atoms with Crippen LogP contribution in [0.5, 0.6) is 0 Å². The first kappa shape index (κ1) is 52.2. The maximum Gasteiger partial charge on any atom is 0.409 e. The van der Waals surface area contributed by atoms with Crippen LogP contribution in [0.2, 0.25) is 0 Å². The van der Waals surface area contributed by atoms with E-state index < -0.39 is 0 Å². The molecule has 0 aliphatic heterocycles. The van der Waals surface area contributed by atoms with Crippen molar-refractivity contribution >= 4 is 23.8 Å². The van der Waals surface area contributed by atoms with Gasteiger partial charge in [-0.3, -0.25) is 14.4 Å². The maximum atomic E-state index is 13.2. The monoisotopic (exact) mass is 869 g/mol. The predicted octanol–water partition coefficient (Wildman–Crippen LogP) is 13.0. The van der Waals surface area contributed by atoms with E-state index in [1.165, 1.54) is 56.9 Å². The zero-order valence-electron chi connectivity index (χ0n) is 40.8. The number of carbonyl (C=O) groups is 4. The van der Waals surface area contributed by atoms with Crippen LogP contribution in [0.25, 0.3) is 0 Å². The molecule has 0 aromatic rings. The molecule has 4 aliphatic rings. The van der Waals surface area contributed by atoms with Crippen molar-refractivity contribution in [1.82, 2.24) is 9.80 Å². The van der Waals surface area contributed by atoms with E-state index in [0.29, 0.717) is 56.1 Å². The number of esters is 2. The molecule has 9 heteroatoms. The fourth-order valence-electron chi connectivity index (χ4n) is 11.8. The topological polar surface area (TPSA) is 102 Å². The highest BCUT2D eigenvalue weighted by Crippen LogP contribution is 2.64. The number of ether oxygens (including phenoxy) is 3. The number of unbranched alkanes of at least 4 members (excludes halogenated alkanes) is 13. The normalized spacial score (nSPS) is 25.5. The smallest absolute Gasteiger partial charge is 0.409 e. The van der Waals surface area contributed by atoms with E-state index in [0.717, 1.165) is 135 Å². The SMILES string of the molecule is CCCCCCCC(CCCCCCC)OC(=O)CCCCCCN(CCCCCC(=O)OC1CCC2(C)C(=CCC3C4CCC(=O)C4(C)CCC32)C1)C(=O)OCCCN(C)C. The summed E-state index contributed by atoms with van der Waals surface area (Å²) >= 11 is 0. The summed E-state index contributed by atoms with van der Waals surface area (Å²) in [6.07, 6.45) is 32.0. The van der Waals surface area contributed by atoms with Crippen molar-refractivity contribution in [3.8, 4) is 0 Å². The fourth-order valence-corrected chi connectivity index (χ4v) is 11.8. The molecule has 356 valence electrons. The molecule has 62 heavy (non-hydrogen) atoms. The van der Waals surface area contributed by atoms with Crippen molar-refractivity contribution in [2.24, 2.45) is 28.6 Å². The van der Waals surface area contributed by atoms with E-state index in [9.17, 15) is 19.2 Å². The minimum atomic E-state index is -0.256. The third-order valence-electron chi connectivity index (χ3n) is 15.7. The van der Waals surface area contributed by atoms with Gasteiger partial charge < -0.3 is 24.0 Å². The largest absolute Gasteiger partial charge is 0.462 e. The highest BCUT2D eigenvalue weighted by atomic mass is 16.6. The number of carbonyl (C=O) groups excluding carboxylic acids is 4. The first-order chi connectivity index (χ1) is 29.9. The highest BCUT2D eigenvalue weighted by Gasteiger charge is 2.58. The second-order valence-corrected chi connectivity index (χ2v) is 20.8. The Hall–Kier alpha value is -2.42. The van der Waals surface area contributed by atoms with Crippen molar-refractivity contribution in [2.75, 3.05) is 40.3 Å². The van der Waals surface area contributed by atoms with Crippen LogP contribution in [0, 0.1) is 28.6 Å². The number of allylic oxidation sites excluding steroid dienone is 1. The summed E-state index contributed by atoms with van der Waals surface area (Å²) in [5.74, 6) is 2.11. The molecule has 3 fully saturated rings. The van der Waals surface area contributed by atoms with E-state index in [1.807, 2.05) is 19.0 Å². The van der Waals surface area contributed by atoms with Crippen LogP contribution in [0.1, 0.15) is 220 Å². The molecule has 6 atom stereocenters. The zero-order valence-corrected chi connectivity index (χ0v) is 40.8. The average Bonchev–Trinajstić information content (AvgIpc) is 3.55. The summed E-state index contributed by atoms with van der Waals surface area (Å²) in [6, 6.07) is 0. The fraction of sp³-hybridized carbons (Fsp3) is 0.887. The van der Waals surface area contributed by atoms with E-state index in [4.69, 9.17) is 14.2 Å². The third-order valence-corrected chi connectivity index (χ3v) is 15.7. The number of hydrogen-bond donors (Lipinski definition) is 0. The molecule has 0 heterocycles. The summed E-state index contributed by atoms with van der Waals surface area (Å²) in [5, 5.41) is 0. The van der Waals surface area contributed by atoms with Crippen molar-refractivity contribution in [3.05, 3.63) is 11.6 Å². The Balaban J connectivity index is 1.13. The molecule has 0 aromatic heterocycles. The number of nitrogens with zero attached hydrogens (tertiary/aromatic N) is 2. The van der Waals surface area contributed by atoms with Gasteiger partial charge in [0.25, 0.3) is 0 Å². The first-order valence-electron chi connectivity index (χ1n) is 26.1. The Bertz CT molecular complexity index is 1370. The van der Waals surface area contributed by atoms with Crippen LogP contribution in [0.15, 0.2) is 11.6 Å². The lowest BCUT2D eigenvalue weighted by atomic mass is 9.48. The number of fused-ring (bicyclic) bond motifs is 5. The molecule has 0 spiro atoms. The Morgan fingerprint density at radius 2 is 1.27 bits per heavy atom. The van der Waals surface area contributed by atoms with Gasteiger partial charge in [0.05, 0.1) is 6.61 Å². The van der Waals surface area contributed by atoms with Gasteiger partial charge in [0, 0.05) is 50.7 Å². The van der Waals surface area contributed by atoms with Crippen LogP contribution in [0.3, 0.4) is 0 Å². The summed E-state index contributed by atoms with van der Waals surface area (Å²) in [6.45, 7) is 11.7. The van der Waals surface area contributed by atoms with Gasteiger partial charge in [0.15, 0.2) is 0 Å². The molecule has 6 unspecified atom stereocenters. The minimum absolute atomic E-state index is 0.0455. The predicted molar refractivity (Wildman–Crippen MR) is 251 cm³/mol. The zero-order chi connectivity index (χ0) is 44.8. The molecule has 9 nitrogen and oxygen atoms in total. The Kier molecular flexibility index (Phi) is 23.4. The van der Waals surface area contributed by atoms with E-state index in [1.54, 1.807) is 0 Å². The van der Waals surface area contributed by atoms with Crippen LogP contribution in [-0.4, -0.2) is 86.2 Å². The summed E-state index contributed by atoms with van der Waals surface area (Å²) in [7, 11) is 4.04. The molecule has 0 N–H and O–H groups in total. The Labute approximate surface area is 379 Å². The van der Waals surface area contributed by atoms with Gasteiger partial charge in [-0.25, -0.2) is 4.79 Å². The third kappa shape index (κ3) is 16.5. The second-order valence-electron chi connectivity index (χ2n) is 20.8. The molecule has 0 aromatic carbocycles. The summed E-state index contributed by atoms with van der Waals surface area (Å²) in [4.78, 5) is 55.8. The minimum Gasteiger partial charge on any atom is -0.462 e. The average molecular weight is 869 g/mol. The Morgan fingerprint density at radius 1 is 0.694 bits per heavy atom. The number of ketones is 1. The highest BCUT2D eigenvalue weighted by molar-refractivity contribution is 5.87. The van der Waals surface area contributed by atoms with Crippen LogP contribution >= 0.6 is 0 Å². The van der Waals surface area contributed by atoms with E-state index in [-0.39, 0.29) is 41.1 Å². The van der Waals surface area contributed by atoms with E-state index >= 15 is 0 Å². The number of amides is 1. The van der Waals surface area contributed by atoms with Crippen molar-refractivity contribution < 1.29 is 33.4 Å². The quantitative estimate of drug-likeness (QED) is 0.0294. The molecular weight excluding hydrogens is 777 g/mol. The van der Waals surface area contributed by atoms with Gasteiger partial charge in [-0.15, -0.1) is 0 Å². The van der Waals surface area contributed by atoms with Crippen LogP contribution in [-0.2, 0) is 28.6 Å². The van der Waals surface area contributed by atoms with Crippen molar-refractivity contribution in [3.63, 3.8) is 0 Å². The van der Waals surface area contributed by atoms with Gasteiger partial charge in [-0.2, -0.15) is 0 Å². The van der Waals surface area contributed by atoms with Crippen LogP contribution < -0.4 is 0 Å². The van der Waals surface area contributed by atoms with Crippen molar-refractivity contribution in [2.45, 2.75) is 233 Å². The number of rotatable bonds is 31. The van der Waals surface area contributed by atoms with Gasteiger partial charge in [-0.1, -0.05) is 110 Å². The Morgan fingerprint density at radius 3 is 1.94 bits per heavy atom. The lowest BCUT2D eigenvalue weighted by Gasteiger charge is -2.56. The van der Waals surface area contributed by atoms with Gasteiger partial charge in [0.2, 0.25) is 0 Å². The van der Waals surface area contributed by atoms with Crippen molar-refractivity contribution in [1.29, 1.82) is 0 Å². The summed E-state index contributed by atoms with van der Waals surface area (Å²) < 4.78 is 17.8. The second kappa shape index (κ2) is 27.8. The van der Waals surface area contributed by atoms with Crippen LogP contribution in [0.4, 0.5) is 4.79 Å². The number of Topliss-reactive ketones (excluding diaryl/α,β-unsaturated/α-hetero) is 1. The molecule has 1 amide bonds. The van der Waals surface area contributed by atoms with Gasteiger partial charge in [-0.05, 0) is 134 Å². The molecule has 3 saturated carbocycles. The maximum absolute atomic E-state index is 13.2. The first-order valence-corrected chi connectivity index (χ1v) is 26.1. The lowest BCUT2D eigenvalue weighted by molar-refractivity contribution is -0.152. The molecule has 4 aliphatic carbocycles. The molecule has 0 radical (unpaired) electrons. The van der Waals surface area contributed by atoms with Gasteiger partial charge in [0.1, 0.15) is 18.0 Å². The standard InChI is InChI=1S/C53H92N2O7/c1-7-9-11-13-18-25-43(26-19-14-12-10-8-2)61-49(57)27-20-15-16-22-38-55(51(59)60-40-24-37-54(5)6)39-23-17-21-28-50(58)62-44-33-35-52(3)42(41-44)29-30-45-46-31-32-48(56)53(46,4)36-34-47(45)52/h29,43-47H,7-28,30-41H2,1-6H3. The molecule has 0 saturated heterocycles. The molecule has 0 bridgehead atoms.